The van der Waals surface area contributed by atoms with Gasteiger partial charge in [0.25, 0.3) is 0 Å². The molecular formula is C11H17N5O3. The number of amides is 1. The van der Waals surface area contributed by atoms with E-state index in [1.165, 1.54) is 0 Å². The maximum absolute atomic E-state index is 12.3. The third kappa shape index (κ3) is 2.68. The van der Waals surface area contributed by atoms with E-state index in [9.17, 15) is 4.79 Å². The van der Waals surface area contributed by atoms with E-state index >= 15 is 0 Å². The van der Waals surface area contributed by atoms with Gasteiger partial charge in [-0.1, -0.05) is 5.16 Å². The third-order valence-corrected chi connectivity index (χ3v) is 3.39. The van der Waals surface area contributed by atoms with Crippen molar-refractivity contribution in [2.45, 2.75) is 19.4 Å². The number of hydrogen-bond acceptors (Lipinski definition) is 5. The Balaban J connectivity index is 2.07. The highest BCUT2D eigenvalue weighted by atomic mass is 16.5. The summed E-state index contributed by atoms with van der Waals surface area (Å²) in [7, 11) is 0. The number of ether oxygens (including phenoxy) is 1. The molecule has 19 heavy (non-hydrogen) atoms. The Kier molecular flexibility index (Phi) is 4.00. The minimum Gasteiger partial charge on any atom is -0.409 e. The molecule has 0 radical (unpaired) electrons. The molecule has 1 saturated heterocycles. The molecule has 1 fully saturated rings. The molecule has 0 bridgehead atoms. The van der Waals surface area contributed by atoms with Gasteiger partial charge in [0.1, 0.15) is 5.41 Å². The first-order valence-electron chi connectivity index (χ1n) is 6.01. The maximum atomic E-state index is 12.3. The van der Waals surface area contributed by atoms with Crippen LogP contribution in [-0.4, -0.2) is 40.4 Å². The number of nitrogens with one attached hydrogen (secondary N) is 2. The van der Waals surface area contributed by atoms with Gasteiger partial charge in [-0.05, 0) is 12.8 Å². The fourth-order valence-corrected chi connectivity index (χ4v) is 2.14. The minimum absolute atomic E-state index is 0.0690. The summed E-state index contributed by atoms with van der Waals surface area (Å²) in [6.07, 6.45) is 4.13. The van der Waals surface area contributed by atoms with Crippen LogP contribution < -0.4 is 11.1 Å². The zero-order valence-electron chi connectivity index (χ0n) is 10.4. The van der Waals surface area contributed by atoms with Crippen LogP contribution in [0, 0.1) is 5.41 Å². The Morgan fingerprint density at radius 1 is 1.63 bits per heavy atom. The zero-order chi connectivity index (χ0) is 13.7. The average molecular weight is 267 g/mol. The number of H-pyrrole nitrogens is 1. The molecule has 1 aliphatic heterocycles. The minimum atomic E-state index is -0.989. The second-order valence-electron chi connectivity index (χ2n) is 4.47. The van der Waals surface area contributed by atoms with Gasteiger partial charge >= 0.3 is 0 Å². The van der Waals surface area contributed by atoms with Crippen molar-refractivity contribution < 1.29 is 14.7 Å². The molecule has 0 unspecified atom stereocenters. The quantitative estimate of drug-likeness (QED) is 0.255. The topological polar surface area (TPSA) is 126 Å². The molecule has 0 saturated carbocycles. The lowest BCUT2D eigenvalue weighted by Gasteiger charge is -2.34. The lowest BCUT2D eigenvalue weighted by atomic mass is 9.78. The summed E-state index contributed by atoms with van der Waals surface area (Å²) in [5.74, 6) is -0.326. The van der Waals surface area contributed by atoms with Gasteiger partial charge in [-0.2, -0.15) is 5.10 Å². The Morgan fingerprint density at radius 2 is 2.37 bits per heavy atom. The van der Waals surface area contributed by atoms with E-state index < -0.39 is 5.41 Å². The normalized spacial score (nSPS) is 19.1. The van der Waals surface area contributed by atoms with E-state index in [4.69, 9.17) is 15.7 Å². The first-order valence-corrected chi connectivity index (χ1v) is 6.01. The lowest BCUT2D eigenvalue weighted by Crippen LogP contribution is -2.52. The van der Waals surface area contributed by atoms with E-state index in [2.05, 4.69) is 20.7 Å². The average Bonchev–Trinajstić information content (AvgIpc) is 2.97. The fourth-order valence-electron chi connectivity index (χ4n) is 2.14. The van der Waals surface area contributed by atoms with Crippen LogP contribution in [0.25, 0.3) is 0 Å². The Labute approximate surface area is 110 Å². The number of nitrogens with zero attached hydrogens (tertiary/aromatic N) is 2. The molecule has 0 aromatic carbocycles. The number of carbonyl (C=O) groups is 1. The number of oxime groups is 1. The van der Waals surface area contributed by atoms with Crippen molar-refractivity contribution in [1.82, 2.24) is 15.5 Å². The summed E-state index contributed by atoms with van der Waals surface area (Å²) in [4.78, 5) is 12.3. The van der Waals surface area contributed by atoms with Crippen LogP contribution in [0.4, 0.5) is 0 Å². The summed E-state index contributed by atoms with van der Waals surface area (Å²) in [6, 6.07) is 0. The summed E-state index contributed by atoms with van der Waals surface area (Å²) < 4.78 is 5.23. The summed E-state index contributed by atoms with van der Waals surface area (Å²) in [5, 5.41) is 21.1. The number of rotatable bonds is 4. The van der Waals surface area contributed by atoms with Gasteiger partial charge in [0.05, 0.1) is 6.20 Å². The van der Waals surface area contributed by atoms with Crippen molar-refractivity contribution in [2.24, 2.45) is 16.3 Å². The van der Waals surface area contributed by atoms with Gasteiger partial charge < -0.3 is 21.0 Å². The monoisotopic (exact) mass is 267 g/mol. The van der Waals surface area contributed by atoms with Gasteiger partial charge in [0.15, 0.2) is 5.84 Å². The summed E-state index contributed by atoms with van der Waals surface area (Å²) >= 11 is 0. The maximum Gasteiger partial charge on any atom is 0.234 e. The fraction of sp³-hybridized carbons (Fsp3) is 0.545. The highest BCUT2D eigenvalue weighted by Gasteiger charge is 2.44. The van der Waals surface area contributed by atoms with Crippen molar-refractivity contribution in [3.05, 3.63) is 18.0 Å². The predicted molar refractivity (Wildman–Crippen MR) is 66.3 cm³/mol. The highest BCUT2D eigenvalue weighted by molar-refractivity contribution is 6.06. The van der Waals surface area contributed by atoms with Crippen LogP contribution in [0.15, 0.2) is 17.5 Å². The predicted octanol–water partition coefficient (Wildman–Crippen LogP) is -0.431. The van der Waals surface area contributed by atoms with Crippen LogP contribution in [0.3, 0.4) is 0 Å². The van der Waals surface area contributed by atoms with E-state index in [-0.39, 0.29) is 11.7 Å². The van der Waals surface area contributed by atoms with Crippen LogP contribution in [0.5, 0.6) is 0 Å². The first-order chi connectivity index (χ1) is 9.19. The number of amidine groups is 1. The Morgan fingerprint density at radius 3 is 2.95 bits per heavy atom. The van der Waals surface area contributed by atoms with Gasteiger partial charge in [-0.25, -0.2) is 0 Å². The molecule has 0 spiro atoms. The molecule has 1 aromatic rings. The summed E-state index contributed by atoms with van der Waals surface area (Å²) in [5.41, 5.74) is 5.56. The molecule has 1 aliphatic rings. The molecule has 8 nitrogen and oxygen atoms in total. The SMILES string of the molecule is NC(=NO)C1(C(=O)NCc2cn[nH]c2)CCOCC1. The molecule has 2 heterocycles. The number of hydrogen-bond donors (Lipinski definition) is 4. The number of carbonyl (C=O) groups excluding carboxylic acids is 1. The van der Waals surface area contributed by atoms with Crippen LogP contribution in [0.2, 0.25) is 0 Å². The molecule has 0 aliphatic carbocycles. The van der Waals surface area contributed by atoms with Gasteiger partial charge in [0.2, 0.25) is 5.91 Å². The summed E-state index contributed by atoms with van der Waals surface area (Å²) in [6.45, 7) is 1.17. The van der Waals surface area contributed by atoms with E-state index in [1.807, 2.05) is 0 Å². The number of aromatic amines is 1. The molecule has 8 heteroatoms. The second-order valence-corrected chi connectivity index (χ2v) is 4.47. The van der Waals surface area contributed by atoms with Crippen molar-refractivity contribution in [3.8, 4) is 0 Å². The van der Waals surface area contributed by atoms with E-state index in [0.29, 0.717) is 32.6 Å². The Bertz CT molecular complexity index is 451. The van der Waals surface area contributed by atoms with Crippen LogP contribution >= 0.6 is 0 Å². The van der Waals surface area contributed by atoms with Crippen LogP contribution in [0.1, 0.15) is 18.4 Å². The molecule has 2 rings (SSSR count). The smallest absolute Gasteiger partial charge is 0.234 e. The molecule has 5 N–H and O–H groups in total. The van der Waals surface area contributed by atoms with E-state index in [0.717, 1.165) is 5.56 Å². The van der Waals surface area contributed by atoms with Crippen molar-refractivity contribution in [2.75, 3.05) is 13.2 Å². The number of aromatic nitrogens is 2. The van der Waals surface area contributed by atoms with Crippen molar-refractivity contribution in [1.29, 1.82) is 0 Å². The largest absolute Gasteiger partial charge is 0.409 e. The molecular weight excluding hydrogens is 250 g/mol. The Hall–Kier alpha value is -2.09. The molecule has 1 aromatic heterocycles. The lowest BCUT2D eigenvalue weighted by molar-refractivity contribution is -0.131. The van der Waals surface area contributed by atoms with Gasteiger partial charge in [-0.15, -0.1) is 0 Å². The standard InChI is InChI=1S/C11H17N5O3/c12-9(16-18)11(1-3-19-4-2-11)10(17)13-5-8-6-14-15-7-8/h6-7,18H,1-5H2,(H2,12,16)(H,13,17)(H,14,15). The molecule has 104 valence electrons. The van der Waals surface area contributed by atoms with Gasteiger partial charge in [-0.3, -0.25) is 9.89 Å². The third-order valence-electron chi connectivity index (χ3n) is 3.39. The zero-order valence-corrected chi connectivity index (χ0v) is 10.4. The molecule has 1 amide bonds. The van der Waals surface area contributed by atoms with Crippen LogP contribution in [-0.2, 0) is 16.1 Å². The highest BCUT2D eigenvalue weighted by Crippen LogP contribution is 2.31. The van der Waals surface area contributed by atoms with Crippen molar-refractivity contribution >= 4 is 11.7 Å². The number of nitrogens with two attached hydrogens (primary N) is 1. The van der Waals surface area contributed by atoms with E-state index in [1.54, 1.807) is 12.4 Å². The second kappa shape index (κ2) is 5.70. The van der Waals surface area contributed by atoms with Crippen molar-refractivity contribution in [3.63, 3.8) is 0 Å². The molecule has 0 atom stereocenters. The first kappa shape index (κ1) is 13.3. The van der Waals surface area contributed by atoms with Gasteiger partial charge in [0, 0.05) is 31.5 Å².